The summed E-state index contributed by atoms with van der Waals surface area (Å²) in [6, 6.07) is 3.57. The number of aryl methyl sites for hydroxylation is 1. The number of hydrogen-bond donors (Lipinski definition) is 2. The molecule has 3 nitrogen and oxygen atoms in total. The molecule has 0 aliphatic heterocycles. The number of nitrogens with two attached hydrogens (primary N) is 1. The first-order chi connectivity index (χ1) is 9.99. The van der Waals surface area contributed by atoms with Crippen molar-refractivity contribution in [3.8, 4) is 0 Å². The number of benzene rings is 1. The van der Waals surface area contributed by atoms with Crippen LogP contribution in [0.15, 0.2) is 12.1 Å². The second-order valence-corrected chi connectivity index (χ2v) is 6.16. The number of rotatable bonds is 8. The van der Waals surface area contributed by atoms with Gasteiger partial charge in [0.2, 0.25) is 5.91 Å². The monoisotopic (exact) mass is 330 g/mol. The van der Waals surface area contributed by atoms with Gasteiger partial charge in [-0.1, -0.05) is 49.0 Å². The molecule has 0 radical (unpaired) electrons. The molecule has 118 valence electrons. The van der Waals surface area contributed by atoms with Crippen LogP contribution >= 0.6 is 23.2 Å². The van der Waals surface area contributed by atoms with E-state index in [1.165, 1.54) is 0 Å². The van der Waals surface area contributed by atoms with E-state index in [0.29, 0.717) is 34.6 Å². The molecule has 0 saturated heterocycles. The zero-order valence-electron chi connectivity index (χ0n) is 12.7. The van der Waals surface area contributed by atoms with Crippen molar-refractivity contribution >= 4 is 34.8 Å². The van der Waals surface area contributed by atoms with Crippen LogP contribution in [-0.4, -0.2) is 12.5 Å². The summed E-state index contributed by atoms with van der Waals surface area (Å²) >= 11 is 12.3. The fourth-order valence-electron chi connectivity index (χ4n) is 2.39. The van der Waals surface area contributed by atoms with Crippen molar-refractivity contribution in [2.24, 2.45) is 11.7 Å². The normalized spacial score (nSPS) is 12.2. The summed E-state index contributed by atoms with van der Waals surface area (Å²) in [4.78, 5) is 12.1. The highest BCUT2D eigenvalue weighted by Gasteiger charge is 2.14. The van der Waals surface area contributed by atoms with Gasteiger partial charge in [0.15, 0.2) is 0 Å². The van der Waals surface area contributed by atoms with E-state index in [9.17, 15) is 4.79 Å². The van der Waals surface area contributed by atoms with Gasteiger partial charge in [0, 0.05) is 6.42 Å². The summed E-state index contributed by atoms with van der Waals surface area (Å²) in [6.45, 7) is 4.70. The number of carbonyl (C=O) groups excluding carboxylic acids is 1. The van der Waals surface area contributed by atoms with E-state index in [1.807, 2.05) is 13.0 Å². The quantitative estimate of drug-likeness (QED) is 0.720. The van der Waals surface area contributed by atoms with E-state index >= 15 is 0 Å². The van der Waals surface area contributed by atoms with Crippen molar-refractivity contribution in [2.75, 3.05) is 11.9 Å². The molecular formula is C16H24Cl2N2O. The molecule has 1 aromatic carbocycles. The SMILES string of the molecule is CCCC(CCN)CCC(=O)Nc1c(Cl)ccc(C)c1Cl. The maximum Gasteiger partial charge on any atom is 0.224 e. The Morgan fingerprint density at radius 1 is 1.29 bits per heavy atom. The summed E-state index contributed by atoms with van der Waals surface area (Å²) in [5.74, 6) is 0.455. The molecule has 0 bridgehead atoms. The number of anilines is 1. The summed E-state index contributed by atoms with van der Waals surface area (Å²) < 4.78 is 0. The molecule has 0 fully saturated rings. The highest BCUT2D eigenvalue weighted by Crippen LogP contribution is 2.33. The lowest BCUT2D eigenvalue weighted by Gasteiger charge is -2.15. The smallest absolute Gasteiger partial charge is 0.224 e. The first-order valence-corrected chi connectivity index (χ1v) is 8.19. The van der Waals surface area contributed by atoms with Gasteiger partial charge in [-0.15, -0.1) is 0 Å². The maximum absolute atomic E-state index is 12.1. The van der Waals surface area contributed by atoms with Crippen LogP contribution in [0, 0.1) is 12.8 Å². The number of amides is 1. The summed E-state index contributed by atoms with van der Waals surface area (Å²) in [5, 5.41) is 3.79. The van der Waals surface area contributed by atoms with E-state index in [0.717, 1.165) is 31.2 Å². The fourth-order valence-corrected chi connectivity index (χ4v) is 2.85. The average molecular weight is 331 g/mol. The van der Waals surface area contributed by atoms with Crippen LogP contribution in [0.2, 0.25) is 10.0 Å². The van der Waals surface area contributed by atoms with E-state index in [2.05, 4.69) is 12.2 Å². The lowest BCUT2D eigenvalue weighted by molar-refractivity contribution is -0.116. The third-order valence-electron chi connectivity index (χ3n) is 3.60. The number of hydrogen-bond acceptors (Lipinski definition) is 2. The summed E-state index contributed by atoms with van der Waals surface area (Å²) in [5.41, 5.74) is 7.01. The first kappa shape index (κ1) is 18.3. The Hall–Kier alpha value is -0.770. The summed E-state index contributed by atoms with van der Waals surface area (Å²) in [7, 11) is 0. The van der Waals surface area contributed by atoms with Crippen molar-refractivity contribution in [1.82, 2.24) is 0 Å². The van der Waals surface area contributed by atoms with Gasteiger partial charge in [-0.3, -0.25) is 4.79 Å². The molecule has 0 aliphatic rings. The molecule has 0 heterocycles. The molecule has 1 rings (SSSR count). The van der Waals surface area contributed by atoms with Crippen molar-refractivity contribution in [1.29, 1.82) is 0 Å². The van der Waals surface area contributed by atoms with Crippen LogP contribution in [0.3, 0.4) is 0 Å². The molecule has 0 aromatic heterocycles. The fraction of sp³-hybridized carbons (Fsp3) is 0.562. The number of halogens is 2. The Balaban J connectivity index is 2.60. The van der Waals surface area contributed by atoms with Crippen LogP contribution in [0.5, 0.6) is 0 Å². The second kappa shape index (κ2) is 9.29. The Morgan fingerprint density at radius 3 is 2.62 bits per heavy atom. The van der Waals surface area contributed by atoms with E-state index < -0.39 is 0 Å². The Labute approximate surface area is 137 Å². The van der Waals surface area contributed by atoms with Crippen molar-refractivity contribution in [3.63, 3.8) is 0 Å². The third-order valence-corrected chi connectivity index (χ3v) is 4.40. The van der Waals surface area contributed by atoms with Gasteiger partial charge in [0.05, 0.1) is 15.7 Å². The van der Waals surface area contributed by atoms with Crippen LogP contribution in [0.4, 0.5) is 5.69 Å². The molecule has 1 atom stereocenters. The van der Waals surface area contributed by atoms with E-state index in [-0.39, 0.29) is 5.91 Å². The van der Waals surface area contributed by atoms with Gasteiger partial charge in [0.25, 0.3) is 0 Å². The molecule has 0 aliphatic carbocycles. The molecule has 0 saturated carbocycles. The Morgan fingerprint density at radius 2 is 2.00 bits per heavy atom. The highest BCUT2D eigenvalue weighted by atomic mass is 35.5. The number of nitrogens with one attached hydrogen (secondary N) is 1. The first-order valence-electron chi connectivity index (χ1n) is 7.44. The van der Waals surface area contributed by atoms with Crippen LogP contribution in [0.1, 0.15) is 44.6 Å². The largest absolute Gasteiger partial charge is 0.330 e. The van der Waals surface area contributed by atoms with E-state index in [4.69, 9.17) is 28.9 Å². The Kier molecular flexibility index (Phi) is 8.09. The lowest BCUT2D eigenvalue weighted by Crippen LogP contribution is -2.16. The van der Waals surface area contributed by atoms with E-state index in [1.54, 1.807) is 6.07 Å². The molecule has 3 N–H and O–H groups in total. The zero-order chi connectivity index (χ0) is 15.8. The molecule has 5 heteroatoms. The summed E-state index contributed by atoms with van der Waals surface area (Å²) in [6.07, 6.45) is 4.49. The minimum Gasteiger partial charge on any atom is -0.330 e. The molecule has 1 aromatic rings. The standard InChI is InChI=1S/C16H24Cl2N2O/c1-3-4-12(9-10-19)6-8-14(21)20-16-13(17)7-5-11(2)15(16)18/h5,7,12H,3-4,6,8-10,19H2,1-2H3,(H,20,21). The van der Waals surface area contributed by atoms with Gasteiger partial charge in [-0.25, -0.2) is 0 Å². The predicted octanol–water partition coefficient (Wildman–Crippen LogP) is 4.79. The maximum atomic E-state index is 12.1. The van der Waals surface area contributed by atoms with Gasteiger partial charge in [-0.05, 0) is 43.9 Å². The van der Waals surface area contributed by atoms with Gasteiger partial charge >= 0.3 is 0 Å². The van der Waals surface area contributed by atoms with Crippen LogP contribution in [0.25, 0.3) is 0 Å². The van der Waals surface area contributed by atoms with Crippen LogP contribution in [-0.2, 0) is 4.79 Å². The van der Waals surface area contributed by atoms with Gasteiger partial charge in [0.1, 0.15) is 0 Å². The minimum atomic E-state index is -0.0532. The molecule has 1 amide bonds. The van der Waals surface area contributed by atoms with Crippen molar-refractivity contribution < 1.29 is 4.79 Å². The Bertz CT molecular complexity index is 472. The number of carbonyl (C=O) groups is 1. The lowest BCUT2D eigenvalue weighted by atomic mass is 9.94. The molecule has 21 heavy (non-hydrogen) atoms. The third kappa shape index (κ3) is 5.85. The van der Waals surface area contributed by atoms with Gasteiger partial charge in [-0.2, -0.15) is 0 Å². The zero-order valence-corrected chi connectivity index (χ0v) is 14.2. The minimum absolute atomic E-state index is 0.0532. The molecule has 1 unspecified atom stereocenters. The predicted molar refractivity (Wildman–Crippen MR) is 91.1 cm³/mol. The molecular weight excluding hydrogens is 307 g/mol. The van der Waals surface area contributed by atoms with Crippen LogP contribution < -0.4 is 11.1 Å². The highest BCUT2D eigenvalue weighted by molar-refractivity contribution is 6.40. The second-order valence-electron chi connectivity index (χ2n) is 5.37. The van der Waals surface area contributed by atoms with Crippen molar-refractivity contribution in [3.05, 3.63) is 27.7 Å². The molecule has 0 spiro atoms. The topological polar surface area (TPSA) is 55.1 Å². The van der Waals surface area contributed by atoms with Gasteiger partial charge < -0.3 is 11.1 Å². The average Bonchev–Trinajstić information content (AvgIpc) is 2.45. The van der Waals surface area contributed by atoms with Crippen molar-refractivity contribution in [2.45, 2.75) is 46.0 Å².